The number of carboxylic acid groups (broad SMARTS) is 1. The van der Waals surface area contributed by atoms with Crippen molar-refractivity contribution in [3.63, 3.8) is 0 Å². The number of hydrogen-bond donors (Lipinski definition) is 2. The van der Waals surface area contributed by atoms with Gasteiger partial charge < -0.3 is 5.11 Å². The molecule has 2 aliphatic rings. The van der Waals surface area contributed by atoms with Gasteiger partial charge in [0, 0.05) is 11.5 Å². The summed E-state index contributed by atoms with van der Waals surface area (Å²) in [5.74, 6) is 0.618. The summed E-state index contributed by atoms with van der Waals surface area (Å²) in [6.07, 6.45) is 2.79. The molecule has 0 spiro atoms. The lowest BCUT2D eigenvalue weighted by atomic mass is 10.1. The Morgan fingerprint density at radius 2 is 2.50 bits per heavy atom. The van der Waals surface area contributed by atoms with E-state index in [2.05, 4.69) is 16.8 Å². The monoisotopic (exact) mass is 190 g/mol. The second-order valence-corrected chi connectivity index (χ2v) is 3.97. The first kappa shape index (κ1) is 7.79. The van der Waals surface area contributed by atoms with Gasteiger partial charge in [0.1, 0.15) is 5.69 Å². The predicted molar refractivity (Wildman–Crippen MR) is 49.2 cm³/mol. The maximum Gasteiger partial charge on any atom is 0.354 e. The number of hydrogen-bond acceptors (Lipinski definition) is 2. The number of carbonyl (C=O) groups is 1. The van der Waals surface area contributed by atoms with E-state index < -0.39 is 5.97 Å². The van der Waals surface area contributed by atoms with Crippen molar-refractivity contribution in [2.45, 2.75) is 12.3 Å². The zero-order valence-corrected chi connectivity index (χ0v) is 7.53. The van der Waals surface area contributed by atoms with E-state index in [0.717, 1.165) is 17.7 Å². The van der Waals surface area contributed by atoms with Crippen molar-refractivity contribution in [3.8, 4) is 0 Å². The van der Waals surface area contributed by atoms with E-state index in [1.807, 2.05) is 6.08 Å². The second-order valence-electron chi connectivity index (χ2n) is 3.97. The van der Waals surface area contributed by atoms with Crippen molar-refractivity contribution < 1.29 is 9.90 Å². The third-order valence-corrected chi connectivity index (χ3v) is 3.37. The van der Waals surface area contributed by atoms with Crippen LogP contribution in [0, 0.1) is 11.8 Å². The van der Waals surface area contributed by atoms with E-state index in [1.165, 1.54) is 0 Å². The minimum absolute atomic E-state index is 0.273. The molecule has 3 rings (SSSR count). The lowest BCUT2D eigenvalue weighted by molar-refractivity contribution is 0.0689. The van der Waals surface area contributed by atoms with Gasteiger partial charge in [-0.15, -0.1) is 6.58 Å². The molecule has 14 heavy (non-hydrogen) atoms. The number of carboxylic acids is 1. The summed E-state index contributed by atoms with van der Waals surface area (Å²) >= 11 is 0. The van der Waals surface area contributed by atoms with E-state index >= 15 is 0 Å². The zero-order valence-electron chi connectivity index (χ0n) is 7.53. The van der Waals surface area contributed by atoms with Crippen LogP contribution in [0.1, 0.15) is 27.7 Å². The summed E-state index contributed by atoms with van der Waals surface area (Å²) in [7, 11) is 0. The van der Waals surface area contributed by atoms with Crippen LogP contribution in [0.5, 0.6) is 0 Å². The predicted octanol–water partition coefficient (Wildman–Crippen LogP) is 1.18. The highest BCUT2D eigenvalue weighted by Crippen LogP contribution is 2.61. The Kier molecular flexibility index (Phi) is 1.26. The highest BCUT2D eigenvalue weighted by Gasteiger charge is 2.56. The fourth-order valence-electron chi connectivity index (χ4n) is 2.64. The molecule has 4 heteroatoms. The van der Waals surface area contributed by atoms with Crippen LogP contribution < -0.4 is 0 Å². The molecule has 0 aliphatic heterocycles. The molecule has 1 heterocycles. The van der Waals surface area contributed by atoms with Gasteiger partial charge in [-0.3, -0.25) is 5.10 Å². The Labute approximate surface area is 80.6 Å². The number of aromatic amines is 1. The van der Waals surface area contributed by atoms with Crippen molar-refractivity contribution in [1.29, 1.82) is 0 Å². The maximum absolute atomic E-state index is 10.8. The van der Waals surface area contributed by atoms with Gasteiger partial charge in [0.2, 0.25) is 0 Å². The summed E-state index contributed by atoms with van der Waals surface area (Å²) in [4.78, 5) is 10.8. The molecule has 0 amide bonds. The number of nitrogens with zero attached hydrogens (tertiary/aromatic N) is 1. The van der Waals surface area contributed by atoms with Gasteiger partial charge >= 0.3 is 5.97 Å². The number of aromatic nitrogens is 2. The Balaban J connectivity index is 2.02. The Hall–Kier alpha value is -1.58. The van der Waals surface area contributed by atoms with Gasteiger partial charge in [-0.25, -0.2) is 4.79 Å². The number of H-pyrrole nitrogens is 1. The van der Waals surface area contributed by atoms with Gasteiger partial charge in [-0.05, 0) is 18.3 Å². The molecule has 0 radical (unpaired) electrons. The first-order chi connectivity index (χ1) is 6.74. The molecule has 0 aromatic carbocycles. The standard InChI is InChI=1S/C10H10N2O2/c1-2-4-5-3-6-8(7(4)5)11-12-9(6)10(13)14/h2,4-5,7H,1,3H2,(H,11,12)(H,13,14)/t4?,5-,7-/m0/s1. The fourth-order valence-corrected chi connectivity index (χ4v) is 2.64. The lowest BCUT2D eigenvalue weighted by Gasteiger charge is -1.97. The van der Waals surface area contributed by atoms with Crippen LogP contribution >= 0.6 is 0 Å². The van der Waals surface area contributed by atoms with Crippen LogP contribution in [0.25, 0.3) is 0 Å². The molecule has 1 aromatic heterocycles. The van der Waals surface area contributed by atoms with Crippen molar-refractivity contribution in [1.82, 2.24) is 10.2 Å². The lowest BCUT2D eigenvalue weighted by Crippen LogP contribution is -2.02. The summed E-state index contributed by atoms with van der Waals surface area (Å²) in [6, 6.07) is 0. The van der Waals surface area contributed by atoms with Crippen LogP contribution in [0.15, 0.2) is 12.7 Å². The summed E-state index contributed by atoms with van der Waals surface area (Å²) < 4.78 is 0. The molecule has 0 bridgehead atoms. The Morgan fingerprint density at radius 3 is 3.14 bits per heavy atom. The number of nitrogens with one attached hydrogen (secondary N) is 1. The molecular formula is C10H10N2O2. The zero-order chi connectivity index (χ0) is 9.87. The highest BCUT2D eigenvalue weighted by molar-refractivity contribution is 5.88. The van der Waals surface area contributed by atoms with Gasteiger partial charge in [0.15, 0.2) is 0 Å². The van der Waals surface area contributed by atoms with Gasteiger partial charge in [0.05, 0.1) is 5.69 Å². The van der Waals surface area contributed by atoms with Crippen molar-refractivity contribution >= 4 is 5.97 Å². The molecule has 72 valence electrons. The van der Waals surface area contributed by atoms with Crippen LogP contribution in [-0.4, -0.2) is 21.3 Å². The summed E-state index contributed by atoms with van der Waals surface area (Å²) in [6.45, 7) is 3.77. The third-order valence-electron chi connectivity index (χ3n) is 3.37. The van der Waals surface area contributed by atoms with Crippen molar-refractivity contribution in [2.75, 3.05) is 0 Å². The minimum Gasteiger partial charge on any atom is -0.477 e. The summed E-state index contributed by atoms with van der Waals surface area (Å²) in [5.41, 5.74) is 2.14. The summed E-state index contributed by atoms with van der Waals surface area (Å²) in [5, 5.41) is 15.5. The smallest absolute Gasteiger partial charge is 0.354 e. The Morgan fingerprint density at radius 1 is 1.71 bits per heavy atom. The number of allylic oxidation sites excluding steroid dienone is 1. The van der Waals surface area contributed by atoms with Gasteiger partial charge in [-0.1, -0.05) is 6.08 Å². The first-order valence-electron chi connectivity index (χ1n) is 4.67. The SMILES string of the molecule is C=CC1[C@@H]2Cc3c(n[nH]c3C(=O)O)[C@@H]12. The minimum atomic E-state index is -0.907. The van der Waals surface area contributed by atoms with Crippen molar-refractivity contribution in [2.24, 2.45) is 11.8 Å². The topological polar surface area (TPSA) is 66.0 Å². The molecule has 4 nitrogen and oxygen atoms in total. The van der Waals surface area contributed by atoms with E-state index in [-0.39, 0.29) is 5.69 Å². The molecule has 2 aliphatic carbocycles. The molecule has 1 aromatic rings. The second kappa shape index (κ2) is 2.26. The fraction of sp³-hybridized carbons (Fsp3) is 0.400. The van der Waals surface area contributed by atoms with Gasteiger partial charge in [-0.2, -0.15) is 5.10 Å². The molecule has 1 fully saturated rings. The molecule has 0 saturated heterocycles. The first-order valence-corrected chi connectivity index (χ1v) is 4.67. The Bertz CT molecular complexity index is 435. The van der Waals surface area contributed by atoms with E-state index in [1.54, 1.807) is 0 Å². The van der Waals surface area contributed by atoms with Crippen LogP contribution in [0.3, 0.4) is 0 Å². The molecular weight excluding hydrogens is 180 g/mol. The van der Waals surface area contributed by atoms with Crippen molar-refractivity contribution in [3.05, 3.63) is 29.6 Å². The quantitative estimate of drug-likeness (QED) is 0.688. The average Bonchev–Trinajstić information content (AvgIpc) is 2.55. The average molecular weight is 190 g/mol. The highest BCUT2D eigenvalue weighted by atomic mass is 16.4. The van der Waals surface area contributed by atoms with Crippen LogP contribution in [0.4, 0.5) is 0 Å². The molecule has 1 saturated carbocycles. The largest absolute Gasteiger partial charge is 0.477 e. The molecule has 1 unspecified atom stereocenters. The number of rotatable bonds is 2. The normalized spacial score (nSPS) is 32.1. The number of fused-ring (bicyclic) bond motifs is 3. The maximum atomic E-state index is 10.8. The van der Waals surface area contributed by atoms with E-state index in [0.29, 0.717) is 17.8 Å². The molecule has 2 N–H and O–H groups in total. The molecule has 3 atom stereocenters. The number of aromatic carboxylic acids is 1. The third kappa shape index (κ3) is 0.737. The van der Waals surface area contributed by atoms with E-state index in [4.69, 9.17) is 5.11 Å². The van der Waals surface area contributed by atoms with Crippen LogP contribution in [-0.2, 0) is 6.42 Å². The van der Waals surface area contributed by atoms with Crippen LogP contribution in [0.2, 0.25) is 0 Å². The van der Waals surface area contributed by atoms with E-state index in [9.17, 15) is 4.79 Å². The van der Waals surface area contributed by atoms with Gasteiger partial charge in [0.25, 0.3) is 0 Å².